The standard InChI is InChI=1S/C13H17N3O3S/c1-8-3-15(4-8)12(18)11-7-19-13(14-11)16-5-10(6-16)20-9(2)17/h7-8,10H,3-6H2,1-2H3. The number of carbonyl (C=O) groups is 2. The Morgan fingerprint density at radius 2 is 2.05 bits per heavy atom. The predicted molar refractivity (Wildman–Crippen MR) is 75.8 cm³/mol. The summed E-state index contributed by atoms with van der Waals surface area (Å²) in [5.41, 5.74) is 0.370. The summed E-state index contributed by atoms with van der Waals surface area (Å²) in [4.78, 5) is 31.0. The third-order valence-corrected chi connectivity index (χ3v) is 4.48. The van der Waals surface area contributed by atoms with Gasteiger partial charge in [0.15, 0.2) is 10.8 Å². The molecule has 2 aliphatic heterocycles. The summed E-state index contributed by atoms with van der Waals surface area (Å²) < 4.78 is 5.36. The van der Waals surface area contributed by atoms with Crippen LogP contribution in [-0.4, -0.2) is 52.3 Å². The van der Waals surface area contributed by atoms with Crippen LogP contribution in [0.5, 0.6) is 0 Å². The lowest BCUT2D eigenvalue weighted by molar-refractivity contribution is -0.109. The van der Waals surface area contributed by atoms with E-state index in [1.54, 1.807) is 11.8 Å². The van der Waals surface area contributed by atoms with Crippen molar-refractivity contribution in [3.63, 3.8) is 0 Å². The van der Waals surface area contributed by atoms with Gasteiger partial charge in [-0.05, 0) is 5.92 Å². The van der Waals surface area contributed by atoms with Crippen LogP contribution in [-0.2, 0) is 4.79 Å². The number of nitrogens with zero attached hydrogens (tertiary/aromatic N) is 3. The minimum absolute atomic E-state index is 0.0618. The Hall–Kier alpha value is -1.50. The first-order valence-corrected chi connectivity index (χ1v) is 7.58. The summed E-state index contributed by atoms with van der Waals surface area (Å²) in [6.07, 6.45) is 1.42. The number of hydrogen-bond donors (Lipinski definition) is 0. The highest BCUT2D eigenvalue weighted by molar-refractivity contribution is 8.14. The summed E-state index contributed by atoms with van der Waals surface area (Å²) >= 11 is 1.35. The predicted octanol–water partition coefficient (Wildman–Crippen LogP) is 1.23. The molecule has 7 heteroatoms. The van der Waals surface area contributed by atoms with Crippen molar-refractivity contribution in [2.24, 2.45) is 5.92 Å². The van der Waals surface area contributed by atoms with E-state index in [1.807, 2.05) is 4.90 Å². The second-order valence-electron chi connectivity index (χ2n) is 5.47. The van der Waals surface area contributed by atoms with Crippen LogP contribution < -0.4 is 4.90 Å². The highest BCUT2D eigenvalue weighted by Gasteiger charge is 2.34. The van der Waals surface area contributed by atoms with E-state index in [-0.39, 0.29) is 11.0 Å². The molecule has 0 unspecified atom stereocenters. The fraction of sp³-hybridized carbons (Fsp3) is 0.615. The summed E-state index contributed by atoms with van der Waals surface area (Å²) in [6, 6.07) is 0.474. The maximum Gasteiger partial charge on any atom is 0.298 e. The number of aromatic nitrogens is 1. The van der Waals surface area contributed by atoms with Crippen LogP contribution in [0.25, 0.3) is 0 Å². The molecule has 0 atom stereocenters. The molecule has 2 fully saturated rings. The minimum atomic E-state index is -0.0618. The van der Waals surface area contributed by atoms with E-state index in [2.05, 4.69) is 11.9 Å². The van der Waals surface area contributed by atoms with Gasteiger partial charge >= 0.3 is 0 Å². The lowest BCUT2D eigenvalue weighted by atomic mass is 10.0. The zero-order chi connectivity index (χ0) is 14.3. The van der Waals surface area contributed by atoms with Gasteiger partial charge in [-0.1, -0.05) is 18.7 Å². The Kier molecular flexibility index (Phi) is 3.45. The van der Waals surface area contributed by atoms with Crippen LogP contribution in [0.15, 0.2) is 10.7 Å². The lowest BCUT2D eigenvalue weighted by Crippen LogP contribution is -2.50. The normalized spacial score (nSPS) is 19.7. The van der Waals surface area contributed by atoms with E-state index in [9.17, 15) is 9.59 Å². The molecule has 2 saturated heterocycles. The van der Waals surface area contributed by atoms with Crippen molar-refractivity contribution in [2.45, 2.75) is 19.1 Å². The van der Waals surface area contributed by atoms with Crippen LogP contribution in [0.3, 0.4) is 0 Å². The molecule has 0 saturated carbocycles. The smallest absolute Gasteiger partial charge is 0.298 e. The third-order valence-electron chi connectivity index (χ3n) is 3.51. The molecule has 20 heavy (non-hydrogen) atoms. The number of rotatable bonds is 3. The van der Waals surface area contributed by atoms with Gasteiger partial charge in [0.2, 0.25) is 0 Å². The van der Waals surface area contributed by atoms with Crippen LogP contribution in [0.4, 0.5) is 6.01 Å². The molecular formula is C13H17N3O3S. The van der Waals surface area contributed by atoms with Gasteiger partial charge < -0.3 is 14.2 Å². The Balaban J connectivity index is 1.55. The van der Waals surface area contributed by atoms with Crippen LogP contribution in [0.2, 0.25) is 0 Å². The monoisotopic (exact) mass is 295 g/mol. The zero-order valence-corrected chi connectivity index (χ0v) is 12.4. The summed E-state index contributed by atoms with van der Waals surface area (Å²) in [7, 11) is 0. The van der Waals surface area contributed by atoms with Crippen molar-refractivity contribution in [2.75, 3.05) is 31.1 Å². The molecule has 0 aliphatic carbocycles. The molecule has 0 N–H and O–H groups in total. The molecule has 0 bridgehead atoms. The first kappa shape index (κ1) is 13.5. The number of thioether (sulfide) groups is 1. The van der Waals surface area contributed by atoms with Crippen molar-refractivity contribution < 1.29 is 14.0 Å². The van der Waals surface area contributed by atoms with Gasteiger partial charge in [0.25, 0.3) is 11.9 Å². The van der Waals surface area contributed by atoms with Gasteiger partial charge in [-0.2, -0.15) is 4.98 Å². The van der Waals surface area contributed by atoms with E-state index < -0.39 is 0 Å². The number of amides is 1. The average Bonchev–Trinajstić information content (AvgIpc) is 2.77. The van der Waals surface area contributed by atoms with Crippen molar-refractivity contribution in [1.29, 1.82) is 0 Å². The van der Waals surface area contributed by atoms with E-state index in [0.29, 0.717) is 22.9 Å². The van der Waals surface area contributed by atoms with Crippen molar-refractivity contribution >= 4 is 28.8 Å². The third kappa shape index (κ3) is 2.54. The molecule has 1 aromatic rings. The molecule has 6 nitrogen and oxygen atoms in total. The first-order chi connectivity index (χ1) is 9.52. The van der Waals surface area contributed by atoms with Crippen molar-refractivity contribution in [3.05, 3.63) is 12.0 Å². The van der Waals surface area contributed by atoms with Gasteiger partial charge in [0.05, 0.1) is 0 Å². The quantitative estimate of drug-likeness (QED) is 0.835. The molecule has 1 aromatic heterocycles. The largest absolute Gasteiger partial charge is 0.431 e. The lowest BCUT2D eigenvalue weighted by Gasteiger charge is -2.37. The topological polar surface area (TPSA) is 66.7 Å². The fourth-order valence-corrected chi connectivity index (χ4v) is 3.42. The Morgan fingerprint density at radius 1 is 1.35 bits per heavy atom. The van der Waals surface area contributed by atoms with Crippen molar-refractivity contribution in [1.82, 2.24) is 9.88 Å². The van der Waals surface area contributed by atoms with Crippen LogP contribution >= 0.6 is 11.8 Å². The molecule has 0 radical (unpaired) electrons. The van der Waals surface area contributed by atoms with Crippen molar-refractivity contribution in [3.8, 4) is 0 Å². The van der Waals surface area contributed by atoms with E-state index in [1.165, 1.54) is 18.0 Å². The zero-order valence-electron chi connectivity index (χ0n) is 11.5. The maximum absolute atomic E-state index is 12.1. The van der Waals surface area contributed by atoms with Gasteiger partial charge in [-0.25, -0.2) is 0 Å². The number of likely N-dealkylation sites (tertiary alicyclic amines) is 1. The molecule has 1 amide bonds. The second kappa shape index (κ2) is 5.12. The molecule has 0 aromatic carbocycles. The van der Waals surface area contributed by atoms with Crippen LogP contribution in [0, 0.1) is 5.92 Å². The molecule has 2 aliphatic rings. The first-order valence-electron chi connectivity index (χ1n) is 6.70. The second-order valence-corrected chi connectivity index (χ2v) is 6.94. The van der Waals surface area contributed by atoms with E-state index in [4.69, 9.17) is 4.42 Å². The Morgan fingerprint density at radius 3 is 2.65 bits per heavy atom. The van der Waals surface area contributed by atoms with Gasteiger partial charge in [0.1, 0.15) is 6.26 Å². The molecule has 0 spiro atoms. The highest BCUT2D eigenvalue weighted by atomic mass is 32.2. The number of hydrogen-bond acceptors (Lipinski definition) is 6. The number of carbonyl (C=O) groups excluding carboxylic acids is 2. The maximum atomic E-state index is 12.1. The number of anilines is 1. The summed E-state index contributed by atoms with van der Waals surface area (Å²) in [5, 5.41) is 0.430. The van der Waals surface area contributed by atoms with E-state index >= 15 is 0 Å². The SMILES string of the molecule is CC(=O)SC1CN(c2nc(C(=O)N3CC(C)C3)co2)C1. The Bertz CT molecular complexity index is 533. The van der Waals surface area contributed by atoms with Gasteiger partial charge in [0, 0.05) is 38.4 Å². The van der Waals surface area contributed by atoms with Gasteiger partial charge in [-0.3, -0.25) is 9.59 Å². The van der Waals surface area contributed by atoms with E-state index in [0.717, 1.165) is 26.2 Å². The molecular weight excluding hydrogens is 278 g/mol. The minimum Gasteiger partial charge on any atom is -0.431 e. The number of oxazole rings is 1. The average molecular weight is 295 g/mol. The molecule has 3 heterocycles. The molecule has 108 valence electrons. The fourth-order valence-electron chi connectivity index (χ4n) is 2.44. The Labute approximate surface area is 121 Å². The summed E-state index contributed by atoms with van der Waals surface area (Å²) in [5.74, 6) is 0.512. The van der Waals surface area contributed by atoms with Crippen LogP contribution in [0.1, 0.15) is 24.3 Å². The summed E-state index contributed by atoms with van der Waals surface area (Å²) in [6.45, 7) is 6.75. The molecule has 3 rings (SSSR count). The highest BCUT2D eigenvalue weighted by Crippen LogP contribution is 2.28. The van der Waals surface area contributed by atoms with Gasteiger partial charge in [-0.15, -0.1) is 0 Å².